The van der Waals surface area contributed by atoms with Crippen LogP contribution in [0.3, 0.4) is 0 Å². The van der Waals surface area contributed by atoms with Crippen molar-refractivity contribution in [2.75, 3.05) is 13.6 Å². The molecule has 0 aliphatic carbocycles. The summed E-state index contributed by atoms with van der Waals surface area (Å²) in [6.45, 7) is 3.13. The molecule has 1 heterocycles. The predicted molar refractivity (Wildman–Crippen MR) is 113 cm³/mol. The molecule has 0 aliphatic rings. The minimum atomic E-state index is -3.71. The van der Waals surface area contributed by atoms with Gasteiger partial charge in [-0.15, -0.1) is 0 Å². The molecular weight excluding hydrogens is 412 g/mol. The number of para-hydroxylation sites is 2. The maximum absolute atomic E-state index is 12.5. The van der Waals surface area contributed by atoms with Gasteiger partial charge in [-0.1, -0.05) is 29.8 Å². The Bertz CT molecular complexity index is 1130. The number of carbonyl (C=O) groups excluding carboxylic acids is 1. The van der Waals surface area contributed by atoms with Crippen LogP contribution in [0.5, 0.6) is 0 Å². The zero-order chi connectivity index (χ0) is 21.0. The quantitative estimate of drug-likeness (QED) is 0.590. The number of halogens is 1. The summed E-state index contributed by atoms with van der Waals surface area (Å²) in [4.78, 5) is 18.7. The summed E-state index contributed by atoms with van der Waals surface area (Å²) in [5, 5.41) is 0.336. The molecule has 1 aromatic heterocycles. The van der Waals surface area contributed by atoms with E-state index in [-0.39, 0.29) is 23.8 Å². The van der Waals surface area contributed by atoms with Gasteiger partial charge in [0.1, 0.15) is 5.82 Å². The highest BCUT2D eigenvalue weighted by atomic mass is 35.5. The first kappa shape index (κ1) is 21.3. The van der Waals surface area contributed by atoms with E-state index in [1.807, 2.05) is 31.2 Å². The third kappa shape index (κ3) is 4.95. The number of nitrogens with one attached hydrogen (secondary N) is 1. The van der Waals surface area contributed by atoms with Gasteiger partial charge in [-0.25, -0.2) is 18.1 Å². The minimum Gasteiger partial charge on any atom is -0.338 e. The summed E-state index contributed by atoms with van der Waals surface area (Å²) in [5.74, 6) is 0.623. The van der Waals surface area contributed by atoms with Crippen molar-refractivity contribution >= 4 is 38.6 Å². The second-order valence-corrected chi connectivity index (χ2v) is 8.82. The summed E-state index contributed by atoms with van der Waals surface area (Å²) in [5.41, 5.74) is 1.92. The number of nitrogens with zero attached hydrogens (tertiary/aromatic N) is 3. The molecule has 0 atom stereocenters. The van der Waals surface area contributed by atoms with Crippen LogP contribution in [0, 0.1) is 0 Å². The van der Waals surface area contributed by atoms with Crippen LogP contribution in [0.2, 0.25) is 5.02 Å². The smallest absolute Gasteiger partial charge is 0.240 e. The summed E-state index contributed by atoms with van der Waals surface area (Å²) in [6, 6.07) is 13.8. The number of imidazole rings is 1. The topological polar surface area (TPSA) is 84.3 Å². The van der Waals surface area contributed by atoms with Gasteiger partial charge in [0.05, 0.1) is 22.5 Å². The van der Waals surface area contributed by atoms with Gasteiger partial charge < -0.3 is 9.47 Å². The Labute approximate surface area is 175 Å². The molecule has 29 heavy (non-hydrogen) atoms. The molecule has 0 fully saturated rings. The van der Waals surface area contributed by atoms with Gasteiger partial charge in [0.2, 0.25) is 15.9 Å². The fraction of sp³-hybridized carbons (Fsp3) is 0.300. The molecule has 0 bridgehead atoms. The maximum atomic E-state index is 12.5. The molecule has 3 aromatic rings. The number of carbonyl (C=O) groups is 1. The molecule has 0 spiro atoms. The zero-order valence-electron chi connectivity index (χ0n) is 16.3. The largest absolute Gasteiger partial charge is 0.338 e. The number of hydrogen-bond acceptors (Lipinski definition) is 4. The van der Waals surface area contributed by atoms with Crippen LogP contribution in [0.25, 0.3) is 11.0 Å². The fourth-order valence-electron chi connectivity index (χ4n) is 3.10. The molecule has 7 nitrogen and oxygen atoms in total. The SMILES string of the molecule is CCn1c(CN(C)C(=O)CCNS(=O)(=O)c2cccc(Cl)c2)nc2ccccc21. The molecule has 1 N–H and O–H groups in total. The molecule has 9 heteroatoms. The van der Waals surface area contributed by atoms with Crippen molar-refractivity contribution in [1.29, 1.82) is 0 Å². The van der Waals surface area contributed by atoms with E-state index in [4.69, 9.17) is 11.6 Å². The third-order valence-electron chi connectivity index (χ3n) is 4.59. The monoisotopic (exact) mass is 434 g/mol. The first-order chi connectivity index (χ1) is 13.8. The highest BCUT2D eigenvalue weighted by Gasteiger charge is 2.17. The lowest BCUT2D eigenvalue weighted by Crippen LogP contribution is -2.32. The van der Waals surface area contributed by atoms with Crippen molar-refractivity contribution in [3.8, 4) is 0 Å². The molecule has 0 unspecified atom stereocenters. The molecule has 2 aromatic carbocycles. The molecule has 0 saturated heterocycles. The van der Waals surface area contributed by atoms with E-state index >= 15 is 0 Å². The van der Waals surface area contributed by atoms with Gasteiger partial charge in [-0.05, 0) is 37.3 Å². The van der Waals surface area contributed by atoms with Crippen LogP contribution in [0.1, 0.15) is 19.2 Å². The number of aryl methyl sites for hydroxylation is 1. The van der Waals surface area contributed by atoms with Gasteiger partial charge in [0.25, 0.3) is 0 Å². The maximum Gasteiger partial charge on any atom is 0.240 e. The Morgan fingerprint density at radius 2 is 1.97 bits per heavy atom. The van der Waals surface area contributed by atoms with Crippen molar-refractivity contribution in [1.82, 2.24) is 19.2 Å². The number of fused-ring (bicyclic) bond motifs is 1. The summed E-state index contributed by atoms with van der Waals surface area (Å²) < 4.78 is 29.1. The lowest BCUT2D eigenvalue weighted by molar-refractivity contribution is -0.130. The van der Waals surface area contributed by atoms with E-state index in [0.717, 1.165) is 23.4 Å². The minimum absolute atomic E-state index is 0.00220. The third-order valence-corrected chi connectivity index (χ3v) is 6.29. The highest BCUT2D eigenvalue weighted by molar-refractivity contribution is 7.89. The lowest BCUT2D eigenvalue weighted by Gasteiger charge is -2.18. The van der Waals surface area contributed by atoms with Crippen molar-refractivity contribution in [2.24, 2.45) is 0 Å². The Hall–Kier alpha value is -2.42. The van der Waals surface area contributed by atoms with Crippen LogP contribution < -0.4 is 4.72 Å². The van der Waals surface area contributed by atoms with Crippen LogP contribution >= 0.6 is 11.6 Å². The van der Waals surface area contributed by atoms with Gasteiger partial charge in [0, 0.05) is 31.6 Å². The van der Waals surface area contributed by atoms with Gasteiger partial charge in [-0.3, -0.25) is 4.79 Å². The number of hydrogen-bond donors (Lipinski definition) is 1. The molecule has 1 amide bonds. The number of sulfonamides is 1. The van der Waals surface area contributed by atoms with Gasteiger partial charge in [0.15, 0.2) is 0 Å². The number of amides is 1. The van der Waals surface area contributed by atoms with Crippen LogP contribution in [0.4, 0.5) is 0 Å². The van der Waals surface area contributed by atoms with Crippen LogP contribution in [0.15, 0.2) is 53.4 Å². The number of aromatic nitrogens is 2. The summed E-state index contributed by atoms with van der Waals surface area (Å²) in [7, 11) is -2.03. The van der Waals surface area contributed by atoms with Crippen LogP contribution in [-0.2, 0) is 27.9 Å². The molecule has 3 rings (SSSR count). The van der Waals surface area contributed by atoms with E-state index < -0.39 is 10.0 Å². The van der Waals surface area contributed by atoms with Crippen molar-refractivity contribution in [3.63, 3.8) is 0 Å². The standard InChI is InChI=1S/C20H23ClN4O3S/c1-3-25-18-10-5-4-9-17(18)23-19(25)14-24(2)20(26)11-12-22-29(27,28)16-8-6-7-15(21)13-16/h4-10,13,22H,3,11-12,14H2,1-2H3. The number of rotatable bonds is 8. The Morgan fingerprint density at radius 1 is 1.21 bits per heavy atom. The van der Waals surface area contributed by atoms with Crippen molar-refractivity contribution in [2.45, 2.75) is 31.3 Å². The average molecular weight is 435 g/mol. The highest BCUT2D eigenvalue weighted by Crippen LogP contribution is 2.17. The Balaban J connectivity index is 1.60. The van der Waals surface area contributed by atoms with E-state index in [2.05, 4.69) is 14.3 Å². The van der Waals surface area contributed by atoms with Crippen molar-refractivity contribution in [3.05, 3.63) is 59.4 Å². The van der Waals surface area contributed by atoms with Crippen LogP contribution in [-0.4, -0.2) is 42.4 Å². The predicted octanol–water partition coefficient (Wildman–Crippen LogP) is 3.04. The van der Waals surface area contributed by atoms with Gasteiger partial charge in [-0.2, -0.15) is 0 Å². The van der Waals surface area contributed by atoms with E-state index in [1.165, 1.54) is 12.1 Å². The molecular formula is C20H23ClN4O3S. The first-order valence-corrected chi connectivity index (χ1v) is 11.1. The summed E-state index contributed by atoms with van der Waals surface area (Å²) in [6.07, 6.45) is 0.0443. The first-order valence-electron chi connectivity index (χ1n) is 9.25. The Kier molecular flexibility index (Phi) is 6.56. The van der Waals surface area contributed by atoms with Crippen molar-refractivity contribution < 1.29 is 13.2 Å². The van der Waals surface area contributed by atoms with E-state index in [1.54, 1.807) is 24.1 Å². The second-order valence-electron chi connectivity index (χ2n) is 6.62. The van der Waals surface area contributed by atoms with E-state index in [9.17, 15) is 13.2 Å². The molecule has 0 radical (unpaired) electrons. The molecule has 154 valence electrons. The fourth-order valence-corrected chi connectivity index (χ4v) is 4.43. The van der Waals surface area contributed by atoms with Gasteiger partial charge >= 0.3 is 0 Å². The molecule has 0 saturated carbocycles. The van der Waals surface area contributed by atoms with E-state index in [0.29, 0.717) is 11.6 Å². The zero-order valence-corrected chi connectivity index (χ0v) is 17.9. The lowest BCUT2D eigenvalue weighted by atomic mass is 10.3. The molecule has 0 aliphatic heterocycles. The second kappa shape index (κ2) is 8.94. The summed E-state index contributed by atoms with van der Waals surface area (Å²) >= 11 is 5.85. The normalized spacial score (nSPS) is 11.7. The average Bonchev–Trinajstić information content (AvgIpc) is 3.04. The Morgan fingerprint density at radius 3 is 2.69 bits per heavy atom. The number of benzene rings is 2.